The van der Waals surface area contributed by atoms with Crippen LogP contribution in [0.1, 0.15) is 12.5 Å². The van der Waals surface area contributed by atoms with Crippen LogP contribution in [0.5, 0.6) is 0 Å². The summed E-state index contributed by atoms with van der Waals surface area (Å²) in [6.45, 7) is 2.11. The van der Waals surface area contributed by atoms with E-state index >= 15 is 0 Å². The molecule has 0 saturated carbocycles. The SMILES string of the molecule is CSC(CO)C(C)Nc1ccc(C#N)cc1Cl. The molecule has 0 heterocycles. The Bertz CT molecular complexity index is 415. The fraction of sp³-hybridized carbons (Fsp3) is 0.417. The molecule has 0 saturated heterocycles. The van der Waals surface area contributed by atoms with Crippen molar-refractivity contribution in [2.75, 3.05) is 18.2 Å². The topological polar surface area (TPSA) is 56.0 Å². The number of anilines is 1. The largest absolute Gasteiger partial charge is 0.395 e. The molecule has 92 valence electrons. The van der Waals surface area contributed by atoms with Gasteiger partial charge < -0.3 is 10.4 Å². The van der Waals surface area contributed by atoms with Gasteiger partial charge in [-0.05, 0) is 31.4 Å². The second-order valence-corrected chi connectivity index (χ2v) is 5.18. The zero-order valence-electron chi connectivity index (χ0n) is 9.77. The molecule has 1 rings (SSSR count). The van der Waals surface area contributed by atoms with Gasteiger partial charge in [0.25, 0.3) is 0 Å². The quantitative estimate of drug-likeness (QED) is 0.864. The highest BCUT2D eigenvalue weighted by molar-refractivity contribution is 7.99. The molecule has 1 aromatic carbocycles. The zero-order chi connectivity index (χ0) is 12.8. The standard InChI is InChI=1S/C12H15ClN2OS/c1-8(12(7-16)17-2)15-11-4-3-9(6-14)5-10(11)13/h3-5,8,12,15-16H,7H2,1-2H3. The molecule has 0 amide bonds. The molecule has 2 atom stereocenters. The summed E-state index contributed by atoms with van der Waals surface area (Å²) < 4.78 is 0. The maximum atomic E-state index is 9.19. The van der Waals surface area contributed by atoms with Crippen molar-refractivity contribution in [3.05, 3.63) is 28.8 Å². The fourth-order valence-corrected chi connectivity index (χ4v) is 2.34. The molecule has 0 aliphatic carbocycles. The van der Waals surface area contributed by atoms with Gasteiger partial charge in [-0.1, -0.05) is 11.6 Å². The van der Waals surface area contributed by atoms with Crippen LogP contribution in [-0.2, 0) is 0 Å². The number of nitrogens with one attached hydrogen (secondary N) is 1. The monoisotopic (exact) mass is 270 g/mol. The van der Waals surface area contributed by atoms with Crippen LogP contribution < -0.4 is 5.32 Å². The highest BCUT2D eigenvalue weighted by atomic mass is 35.5. The number of halogens is 1. The van der Waals surface area contributed by atoms with E-state index in [1.54, 1.807) is 30.0 Å². The van der Waals surface area contributed by atoms with E-state index < -0.39 is 0 Å². The van der Waals surface area contributed by atoms with Crippen molar-refractivity contribution in [1.29, 1.82) is 5.26 Å². The minimum absolute atomic E-state index is 0.0976. The minimum Gasteiger partial charge on any atom is -0.395 e. The summed E-state index contributed by atoms with van der Waals surface area (Å²) >= 11 is 7.66. The molecule has 2 unspecified atom stereocenters. The van der Waals surface area contributed by atoms with E-state index in [9.17, 15) is 5.11 Å². The predicted octanol–water partition coefficient (Wildman–Crippen LogP) is 2.74. The normalized spacial score (nSPS) is 13.8. The first-order valence-corrected chi connectivity index (χ1v) is 6.88. The number of aliphatic hydroxyl groups is 1. The summed E-state index contributed by atoms with van der Waals surface area (Å²) in [6.07, 6.45) is 1.96. The van der Waals surface area contributed by atoms with Crippen LogP contribution in [0.2, 0.25) is 5.02 Å². The van der Waals surface area contributed by atoms with E-state index in [2.05, 4.69) is 5.32 Å². The summed E-state index contributed by atoms with van der Waals surface area (Å²) in [5, 5.41) is 21.8. The number of hydrogen-bond donors (Lipinski definition) is 2. The summed E-state index contributed by atoms with van der Waals surface area (Å²) in [6, 6.07) is 7.26. The summed E-state index contributed by atoms with van der Waals surface area (Å²) in [7, 11) is 0. The Labute approximate surface area is 111 Å². The lowest BCUT2D eigenvalue weighted by molar-refractivity contribution is 0.288. The third-order valence-electron chi connectivity index (χ3n) is 2.52. The summed E-state index contributed by atoms with van der Waals surface area (Å²) in [4.78, 5) is 0. The number of nitrogens with zero attached hydrogens (tertiary/aromatic N) is 1. The Hall–Kier alpha value is -0.890. The Morgan fingerprint density at radius 3 is 2.76 bits per heavy atom. The number of benzene rings is 1. The highest BCUT2D eigenvalue weighted by Crippen LogP contribution is 2.25. The van der Waals surface area contributed by atoms with Gasteiger partial charge in [-0.15, -0.1) is 0 Å². The number of hydrogen-bond acceptors (Lipinski definition) is 4. The third-order valence-corrected chi connectivity index (χ3v) is 4.00. The van der Waals surface area contributed by atoms with Crippen LogP contribution in [0.4, 0.5) is 5.69 Å². The van der Waals surface area contributed by atoms with Crippen LogP contribution in [0, 0.1) is 11.3 Å². The average molecular weight is 271 g/mol. The van der Waals surface area contributed by atoms with Gasteiger partial charge in [-0.2, -0.15) is 17.0 Å². The molecule has 0 aliphatic heterocycles. The number of aliphatic hydroxyl groups excluding tert-OH is 1. The van der Waals surface area contributed by atoms with Gasteiger partial charge in [-0.3, -0.25) is 0 Å². The maximum Gasteiger partial charge on any atom is 0.0992 e. The second-order valence-electron chi connectivity index (χ2n) is 3.70. The molecule has 3 nitrogen and oxygen atoms in total. The van der Waals surface area contributed by atoms with Crippen molar-refractivity contribution in [1.82, 2.24) is 0 Å². The second kappa shape index (κ2) is 6.75. The van der Waals surface area contributed by atoms with Gasteiger partial charge >= 0.3 is 0 Å². The van der Waals surface area contributed by atoms with Crippen LogP contribution in [0.15, 0.2) is 18.2 Å². The van der Waals surface area contributed by atoms with E-state index in [-0.39, 0.29) is 17.9 Å². The van der Waals surface area contributed by atoms with Gasteiger partial charge in [0.1, 0.15) is 0 Å². The molecular weight excluding hydrogens is 256 g/mol. The minimum atomic E-state index is 0.0976. The van der Waals surface area contributed by atoms with E-state index in [1.807, 2.05) is 19.2 Å². The van der Waals surface area contributed by atoms with Gasteiger partial charge in [-0.25, -0.2) is 0 Å². The summed E-state index contributed by atoms with van der Waals surface area (Å²) in [5.74, 6) is 0. The Morgan fingerprint density at radius 1 is 1.59 bits per heavy atom. The molecule has 5 heteroatoms. The highest BCUT2D eigenvalue weighted by Gasteiger charge is 2.15. The van der Waals surface area contributed by atoms with Crippen LogP contribution in [0.3, 0.4) is 0 Å². The predicted molar refractivity (Wildman–Crippen MR) is 73.6 cm³/mol. The molecular formula is C12H15ClN2OS. The Balaban J connectivity index is 2.78. The number of thioether (sulfide) groups is 1. The first kappa shape index (κ1) is 14.2. The first-order chi connectivity index (χ1) is 8.12. The van der Waals surface area contributed by atoms with E-state index in [0.29, 0.717) is 10.6 Å². The van der Waals surface area contributed by atoms with E-state index in [0.717, 1.165) is 5.69 Å². The zero-order valence-corrected chi connectivity index (χ0v) is 11.3. The van der Waals surface area contributed by atoms with Crippen molar-refractivity contribution in [2.24, 2.45) is 0 Å². The molecule has 0 aliphatic rings. The molecule has 0 aromatic heterocycles. The van der Waals surface area contributed by atoms with Gasteiger partial charge in [0.2, 0.25) is 0 Å². The molecule has 0 fully saturated rings. The third kappa shape index (κ3) is 3.81. The van der Waals surface area contributed by atoms with Crippen molar-refractivity contribution in [3.63, 3.8) is 0 Å². The van der Waals surface area contributed by atoms with Crippen molar-refractivity contribution < 1.29 is 5.11 Å². The van der Waals surface area contributed by atoms with E-state index in [4.69, 9.17) is 16.9 Å². The molecule has 0 spiro atoms. The smallest absolute Gasteiger partial charge is 0.0992 e. The number of rotatable bonds is 5. The fourth-order valence-electron chi connectivity index (χ4n) is 1.48. The molecule has 1 aromatic rings. The lowest BCUT2D eigenvalue weighted by atomic mass is 10.2. The van der Waals surface area contributed by atoms with Crippen molar-refractivity contribution in [3.8, 4) is 6.07 Å². The summed E-state index contributed by atoms with van der Waals surface area (Å²) in [5.41, 5.74) is 1.32. The molecule has 0 bridgehead atoms. The van der Waals surface area contributed by atoms with Gasteiger partial charge in [0, 0.05) is 11.3 Å². The van der Waals surface area contributed by atoms with Crippen LogP contribution in [-0.4, -0.2) is 29.3 Å². The van der Waals surface area contributed by atoms with Gasteiger partial charge in [0.15, 0.2) is 0 Å². The molecule has 2 N–H and O–H groups in total. The van der Waals surface area contributed by atoms with Crippen molar-refractivity contribution >= 4 is 29.1 Å². The maximum absolute atomic E-state index is 9.19. The number of nitriles is 1. The Kier molecular flexibility index (Phi) is 5.63. The van der Waals surface area contributed by atoms with Crippen LogP contribution >= 0.6 is 23.4 Å². The lowest BCUT2D eigenvalue weighted by Gasteiger charge is -2.23. The van der Waals surface area contributed by atoms with Crippen LogP contribution in [0.25, 0.3) is 0 Å². The average Bonchev–Trinajstić information content (AvgIpc) is 2.33. The van der Waals surface area contributed by atoms with Crippen molar-refractivity contribution in [2.45, 2.75) is 18.2 Å². The lowest BCUT2D eigenvalue weighted by Crippen LogP contribution is -2.31. The first-order valence-electron chi connectivity index (χ1n) is 5.22. The molecule has 17 heavy (non-hydrogen) atoms. The van der Waals surface area contributed by atoms with Gasteiger partial charge in [0.05, 0.1) is 28.9 Å². The Morgan fingerprint density at radius 2 is 2.29 bits per heavy atom. The van der Waals surface area contributed by atoms with E-state index in [1.165, 1.54) is 0 Å². The molecule has 0 radical (unpaired) electrons.